The molecule has 2 aromatic carbocycles. The molecule has 0 saturated heterocycles. The number of aromatic nitrogens is 2. The van der Waals surface area contributed by atoms with Crippen molar-refractivity contribution in [3.63, 3.8) is 0 Å². The summed E-state index contributed by atoms with van der Waals surface area (Å²) >= 11 is 6.09. The van der Waals surface area contributed by atoms with E-state index < -0.39 is 0 Å². The molecule has 2 N–H and O–H groups in total. The van der Waals surface area contributed by atoms with Crippen LogP contribution < -0.4 is 5.73 Å². The van der Waals surface area contributed by atoms with Crippen LogP contribution in [0.5, 0.6) is 0 Å². The molecule has 0 aliphatic carbocycles. The number of halogens is 1. The summed E-state index contributed by atoms with van der Waals surface area (Å²) in [5.74, 6) is 1.09. The van der Waals surface area contributed by atoms with Crippen molar-refractivity contribution in [2.45, 2.75) is 13.8 Å². The highest BCUT2D eigenvalue weighted by molar-refractivity contribution is 6.30. The van der Waals surface area contributed by atoms with Gasteiger partial charge in [-0.3, -0.25) is 0 Å². The number of nitrogen functional groups attached to an aromatic ring is 1. The van der Waals surface area contributed by atoms with Crippen LogP contribution in [0.1, 0.15) is 11.1 Å². The minimum Gasteiger partial charge on any atom is -0.383 e. The van der Waals surface area contributed by atoms with Crippen molar-refractivity contribution >= 4 is 28.3 Å². The maximum absolute atomic E-state index is 6.09. The topological polar surface area (TPSA) is 51.8 Å². The Morgan fingerprint density at radius 2 is 1.75 bits per heavy atom. The first kappa shape index (κ1) is 12.9. The average molecular weight is 284 g/mol. The molecule has 0 aliphatic heterocycles. The second kappa shape index (κ2) is 4.76. The van der Waals surface area contributed by atoms with Gasteiger partial charge in [-0.1, -0.05) is 23.2 Å². The van der Waals surface area contributed by atoms with Gasteiger partial charge in [0.25, 0.3) is 0 Å². The molecule has 0 spiro atoms. The van der Waals surface area contributed by atoms with E-state index in [1.54, 1.807) is 0 Å². The number of aryl methyl sites for hydroxylation is 2. The lowest BCUT2D eigenvalue weighted by atomic mass is 10.1. The summed E-state index contributed by atoms with van der Waals surface area (Å²) in [5.41, 5.74) is 9.98. The largest absolute Gasteiger partial charge is 0.383 e. The van der Waals surface area contributed by atoms with Crippen molar-refractivity contribution < 1.29 is 0 Å². The van der Waals surface area contributed by atoms with E-state index in [9.17, 15) is 0 Å². The Hall–Kier alpha value is -2.13. The minimum absolute atomic E-state index is 0.492. The zero-order chi connectivity index (χ0) is 14.3. The summed E-state index contributed by atoms with van der Waals surface area (Å²) in [6.07, 6.45) is 0. The van der Waals surface area contributed by atoms with Crippen molar-refractivity contribution in [2.24, 2.45) is 0 Å². The van der Waals surface area contributed by atoms with Gasteiger partial charge in [0, 0.05) is 16.0 Å². The van der Waals surface area contributed by atoms with Crippen LogP contribution >= 0.6 is 11.6 Å². The molecule has 4 heteroatoms. The highest BCUT2D eigenvalue weighted by Gasteiger charge is 2.08. The van der Waals surface area contributed by atoms with Gasteiger partial charge in [0.05, 0.1) is 5.52 Å². The Morgan fingerprint density at radius 3 is 2.50 bits per heavy atom. The van der Waals surface area contributed by atoms with Crippen LogP contribution in [0.15, 0.2) is 36.4 Å². The lowest BCUT2D eigenvalue weighted by Gasteiger charge is -2.07. The first-order valence-electron chi connectivity index (χ1n) is 6.34. The molecule has 3 rings (SSSR count). The molecule has 0 fully saturated rings. The van der Waals surface area contributed by atoms with Crippen LogP contribution in [0.25, 0.3) is 22.3 Å². The number of nitrogens with zero attached hydrogens (tertiary/aromatic N) is 2. The molecule has 0 atom stereocenters. The number of hydrogen-bond acceptors (Lipinski definition) is 3. The maximum Gasteiger partial charge on any atom is 0.162 e. The lowest BCUT2D eigenvalue weighted by molar-refractivity contribution is 1.23. The van der Waals surface area contributed by atoms with Crippen LogP contribution in [0.2, 0.25) is 5.02 Å². The van der Waals surface area contributed by atoms with Gasteiger partial charge < -0.3 is 5.73 Å². The summed E-state index contributed by atoms with van der Waals surface area (Å²) < 4.78 is 0. The molecule has 100 valence electrons. The van der Waals surface area contributed by atoms with E-state index >= 15 is 0 Å². The van der Waals surface area contributed by atoms with Crippen molar-refractivity contribution in [1.29, 1.82) is 0 Å². The van der Waals surface area contributed by atoms with Crippen molar-refractivity contribution in [1.82, 2.24) is 9.97 Å². The second-order valence-electron chi connectivity index (χ2n) is 4.97. The molecule has 0 aliphatic rings. The third-order valence-electron chi connectivity index (χ3n) is 3.18. The van der Waals surface area contributed by atoms with Gasteiger partial charge in [-0.05, 0) is 49.7 Å². The van der Waals surface area contributed by atoms with E-state index in [4.69, 9.17) is 17.3 Å². The molecular weight excluding hydrogens is 270 g/mol. The molecular formula is C16H14ClN3. The van der Waals surface area contributed by atoms with Crippen molar-refractivity contribution in [3.05, 3.63) is 52.5 Å². The van der Waals surface area contributed by atoms with Crippen molar-refractivity contribution in [3.8, 4) is 11.4 Å². The Morgan fingerprint density at radius 1 is 0.950 bits per heavy atom. The molecule has 1 aromatic heterocycles. The van der Waals surface area contributed by atoms with Crippen LogP contribution in [0, 0.1) is 13.8 Å². The highest BCUT2D eigenvalue weighted by Crippen LogP contribution is 2.26. The molecule has 0 radical (unpaired) electrons. The lowest BCUT2D eigenvalue weighted by Crippen LogP contribution is -1.98. The fourth-order valence-electron chi connectivity index (χ4n) is 2.26. The number of anilines is 1. The fraction of sp³-hybridized carbons (Fsp3) is 0.125. The molecule has 0 bridgehead atoms. The third kappa shape index (κ3) is 2.32. The number of fused-ring (bicyclic) bond motifs is 1. The van der Waals surface area contributed by atoms with Crippen LogP contribution in [0.3, 0.4) is 0 Å². The van der Waals surface area contributed by atoms with E-state index in [1.807, 2.05) is 50.2 Å². The Labute approximate surface area is 122 Å². The van der Waals surface area contributed by atoms with E-state index in [0.29, 0.717) is 16.7 Å². The Kier molecular flexibility index (Phi) is 3.07. The summed E-state index contributed by atoms with van der Waals surface area (Å²) in [5, 5.41) is 1.55. The van der Waals surface area contributed by atoms with E-state index in [2.05, 4.69) is 9.97 Å². The second-order valence-corrected chi connectivity index (χ2v) is 5.41. The van der Waals surface area contributed by atoms with Crippen LogP contribution in [-0.4, -0.2) is 9.97 Å². The van der Waals surface area contributed by atoms with Gasteiger partial charge in [-0.15, -0.1) is 0 Å². The van der Waals surface area contributed by atoms with E-state index in [1.165, 1.54) is 0 Å². The minimum atomic E-state index is 0.492. The summed E-state index contributed by atoms with van der Waals surface area (Å²) in [6.45, 7) is 4.01. The quantitative estimate of drug-likeness (QED) is 0.730. The maximum atomic E-state index is 6.09. The van der Waals surface area contributed by atoms with Crippen LogP contribution in [-0.2, 0) is 0 Å². The van der Waals surface area contributed by atoms with Crippen molar-refractivity contribution in [2.75, 3.05) is 5.73 Å². The van der Waals surface area contributed by atoms with Gasteiger partial charge in [0.2, 0.25) is 0 Å². The van der Waals surface area contributed by atoms with Gasteiger partial charge in [0.1, 0.15) is 5.82 Å². The molecule has 0 saturated carbocycles. The summed E-state index contributed by atoms with van der Waals surface area (Å²) in [6, 6.07) is 11.7. The highest BCUT2D eigenvalue weighted by atomic mass is 35.5. The molecule has 3 nitrogen and oxygen atoms in total. The predicted molar refractivity (Wildman–Crippen MR) is 83.9 cm³/mol. The first-order valence-corrected chi connectivity index (χ1v) is 6.72. The Balaban J connectivity index is 2.24. The first-order chi connectivity index (χ1) is 9.52. The standard InChI is InChI=1S/C16H14ClN3/c1-9-3-4-14-13(7-9)15(18)20-16(19-14)11-5-10(2)6-12(17)8-11/h3-8H,1-2H3,(H2,18,19,20). The number of nitrogens with two attached hydrogens (primary N) is 1. The van der Waals surface area contributed by atoms with Crippen LogP contribution in [0.4, 0.5) is 5.82 Å². The number of benzene rings is 2. The third-order valence-corrected chi connectivity index (χ3v) is 3.40. The average Bonchev–Trinajstić information content (AvgIpc) is 2.38. The fourth-order valence-corrected chi connectivity index (χ4v) is 2.55. The van der Waals surface area contributed by atoms with Gasteiger partial charge in [0.15, 0.2) is 5.82 Å². The normalized spacial score (nSPS) is 10.9. The summed E-state index contributed by atoms with van der Waals surface area (Å²) in [4.78, 5) is 8.98. The van der Waals surface area contributed by atoms with Gasteiger partial charge >= 0.3 is 0 Å². The molecule has 1 heterocycles. The number of rotatable bonds is 1. The van der Waals surface area contributed by atoms with E-state index in [-0.39, 0.29) is 0 Å². The summed E-state index contributed by atoms with van der Waals surface area (Å²) in [7, 11) is 0. The number of hydrogen-bond donors (Lipinski definition) is 1. The van der Waals surface area contributed by atoms with Gasteiger partial charge in [-0.2, -0.15) is 0 Å². The van der Waals surface area contributed by atoms with Gasteiger partial charge in [-0.25, -0.2) is 9.97 Å². The monoisotopic (exact) mass is 283 g/mol. The molecule has 20 heavy (non-hydrogen) atoms. The zero-order valence-corrected chi connectivity index (χ0v) is 12.1. The Bertz CT molecular complexity index is 792. The smallest absolute Gasteiger partial charge is 0.162 e. The SMILES string of the molecule is Cc1cc(Cl)cc(-c2nc(N)c3cc(C)ccc3n2)c1. The van der Waals surface area contributed by atoms with E-state index in [0.717, 1.165) is 27.6 Å². The zero-order valence-electron chi connectivity index (χ0n) is 11.3. The molecule has 0 amide bonds. The predicted octanol–water partition coefficient (Wildman–Crippen LogP) is 4.15. The molecule has 0 unspecified atom stereocenters. The molecule has 3 aromatic rings.